The van der Waals surface area contributed by atoms with Crippen LogP contribution in [0.3, 0.4) is 0 Å². The summed E-state index contributed by atoms with van der Waals surface area (Å²) in [6.07, 6.45) is 10.5. The lowest BCUT2D eigenvalue weighted by Crippen LogP contribution is -2.47. The number of rotatable bonds is 8. The number of fused-ring (bicyclic) bond motifs is 1. The first-order chi connectivity index (χ1) is 15.8. The van der Waals surface area contributed by atoms with Gasteiger partial charge >= 0.3 is 0 Å². The van der Waals surface area contributed by atoms with Gasteiger partial charge in [-0.05, 0) is 63.0 Å². The molecule has 6 nitrogen and oxygen atoms in total. The summed E-state index contributed by atoms with van der Waals surface area (Å²) in [7, 11) is 0. The molecule has 0 spiro atoms. The minimum atomic E-state index is 0. The first-order valence-electron chi connectivity index (χ1n) is 12.6. The van der Waals surface area contributed by atoms with Gasteiger partial charge in [-0.15, -0.1) is 24.0 Å². The van der Waals surface area contributed by atoms with Gasteiger partial charge in [0.05, 0.1) is 18.8 Å². The van der Waals surface area contributed by atoms with Crippen molar-refractivity contribution in [1.29, 1.82) is 0 Å². The van der Waals surface area contributed by atoms with Gasteiger partial charge < -0.3 is 24.7 Å². The van der Waals surface area contributed by atoms with E-state index in [0.717, 1.165) is 77.5 Å². The quantitative estimate of drug-likeness (QED) is 0.270. The van der Waals surface area contributed by atoms with Gasteiger partial charge in [0.25, 0.3) is 0 Å². The number of aromatic amines is 1. The number of halogens is 1. The second-order valence-corrected chi connectivity index (χ2v) is 9.00. The number of piperidine rings is 1. The molecule has 1 aromatic carbocycles. The highest BCUT2D eigenvalue weighted by atomic mass is 127. The molecule has 1 unspecified atom stereocenters. The molecule has 2 aliphatic rings. The predicted molar refractivity (Wildman–Crippen MR) is 147 cm³/mol. The van der Waals surface area contributed by atoms with Crippen LogP contribution in [0.2, 0.25) is 0 Å². The van der Waals surface area contributed by atoms with E-state index in [4.69, 9.17) is 14.5 Å². The Balaban J connectivity index is 0.00000306. The number of nitrogens with one attached hydrogen (secondary N) is 2. The van der Waals surface area contributed by atoms with Gasteiger partial charge in [-0.2, -0.15) is 0 Å². The Bertz CT molecular complexity index is 870. The van der Waals surface area contributed by atoms with Crippen molar-refractivity contribution in [3.63, 3.8) is 0 Å². The maximum atomic E-state index is 6.18. The van der Waals surface area contributed by atoms with E-state index >= 15 is 0 Å². The van der Waals surface area contributed by atoms with Crippen LogP contribution in [0.1, 0.15) is 57.1 Å². The van der Waals surface area contributed by atoms with Gasteiger partial charge in [0.1, 0.15) is 0 Å². The molecule has 2 aromatic rings. The standard InChI is InChI=1S/C26H40N4O2.HI/c1-3-20-8-7-10-24-21(18-29-25(20)24)11-14-28-26(27-4-2)30-15-12-22(13-16-30)32-19-23-9-5-6-17-31-23;/h7-8,10,18,22-23,29H,3-6,9,11-17,19H2,1-2H3,(H,27,28);1H. The maximum Gasteiger partial charge on any atom is 0.193 e. The summed E-state index contributed by atoms with van der Waals surface area (Å²) in [6.45, 7) is 9.67. The highest BCUT2D eigenvalue weighted by molar-refractivity contribution is 14.0. The molecule has 7 heteroatoms. The molecule has 2 N–H and O–H groups in total. The molecular formula is C26H41IN4O2. The fourth-order valence-electron chi connectivity index (χ4n) is 4.90. The molecule has 2 aliphatic heterocycles. The summed E-state index contributed by atoms with van der Waals surface area (Å²) in [5.41, 5.74) is 4.01. The maximum absolute atomic E-state index is 6.18. The minimum absolute atomic E-state index is 0. The number of hydrogen-bond donors (Lipinski definition) is 2. The molecule has 0 radical (unpaired) electrons. The average molecular weight is 569 g/mol. The molecular weight excluding hydrogens is 527 g/mol. The molecule has 3 heterocycles. The Morgan fingerprint density at radius 1 is 1.18 bits per heavy atom. The number of guanidine groups is 1. The Hall–Kier alpha value is -1.32. The van der Waals surface area contributed by atoms with Crippen LogP contribution in [0, 0.1) is 0 Å². The van der Waals surface area contributed by atoms with Gasteiger partial charge in [-0.3, -0.25) is 4.99 Å². The number of para-hydroxylation sites is 1. The third-order valence-electron chi connectivity index (χ3n) is 6.78. The smallest absolute Gasteiger partial charge is 0.193 e. The molecule has 0 saturated carbocycles. The third kappa shape index (κ3) is 7.09. The number of hydrogen-bond acceptors (Lipinski definition) is 3. The van der Waals surface area contributed by atoms with Crippen LogP contribution in [-0.4, -0.2) is 67.4 Å². The highest BCUT2D eigenvalue weighted by Crippen LogP contribution is 2.23. The third-order valence-corrected chi connectivity index (χ3v) is 6.78. The lowest BCUT2D eigenvalue weighted by molar-refractivity contribution is -0.0721. The molecule has 2 fully saturated rings. The number of aromatic nitrogens is 1. The van der Waals surface area contributed by atoms with Crippen LogP contribution in [0.15, 0.2) is 29.4 Å². The zero-order valence-electron chi connectivity index (χ0n) is 20.3. The molecule has 184 valence electrons. The summed E-state index contributed by atoms with van der Waals surface area (Å²) in [6, 6.07) is 6.59. The summed E-state index contributed by atoms with van der Waals surface area (Å²) >= 11 is 0. The predicted octanol–water partition coefficient (Wildman–Crippen LogP) is 4.91. The van der Waals surface area contributed by atoms with Gasteiger partial charge in [0, 0.05) is 49.9 Å². The van der Waals surface area contributed by atoms with Crippen LogP contribution in [0.25, 0.3) is 10.9 Å². The van der Waals surface area contributed by atoms with Crippen LogP contribution in [-0.2, 0) is 22.3 Å². The van der Waals surface area contributed by atoms with E-state index < -0.39 is 0 Å². The van der Waals surface area contributed by atoms with Gasteiger partial charge in [-0.25, -0.2) is 0 Å². The second-order valence-electron chi connectivity index (χ2n) is 9.00. The van der Waals surface area contributed by atoms with Crippen molar-refractivity contribution >= 4 is 40.8 Å². The van der Waals surface area contributed by atoms with Crippen molar-refractivity contribution in [1.82, 2.24) is 15.2 Å². The van der Waals surface area contributed by atoms with Gasteiger partial charge in [0.15, 0.2) is 5.96 Å². The van der Waals surface area contributed by atoms with Crippen LogP contribution in [0.4, 0.5) is 0 Å². The number of nitrogens with zero attached hydrogens (tertiary/aromatic N) is 2. The molecule has 33 heavy (non-hydrogen) atoms. The molecule has 2 saturated heterocycles. The molecule has 1 aromatic heterocycles. The minimum Gasteiger partial charge on any atom is -0.376 e. The van der Waals surface area contributed by atoms with Crippen molar-refractivity contribution in [3.05, 3.63) is 35.5 Å². The Morgan fingerprint density at radius 2 is 2.03 bits per heavy atom. The number of H-pyrrole nitrogens is 1. The summed E-state index contributed by atoms with van der Waals surface area (Å²) in [5, 5.41) is 4.83. The molecule has 0 bridgehead atoms. The van der Waals surface area contributed by atoms with E-state index in [-0.39, 0.29) is 24.0 Å². The van der Waals surface area contributed by atoms with Gasteiger partial charge in [-0.1, -0.05) is 25.1 Å². The Morgan fingerprint density at radius 3 is 2.76 bits per heavy atom. The normalized spacial score (nSPS) is 20.1. The fraction of sp³-hybridized carbons (Fsp3) is 0.654. The molecule has 0 aliphatic carbocycles. The van der Waals surface area contributed by atoms with Crippen molar-refractivity contribution in [2.24, 2.45) is 4.99 Å². The van der Waals surface area contributed by atoms with Crippen LogP contribution >= 0.6 is 24.0 Å². The monoisotopic (exact) mass is 568 g/mol. The van der Waals surface area contributed by atoms with Crippen LogP contribution in [0.5, 0.6) is 0 Å². The second kappa shape index (κ2) is 13.5. The van der Waals surface area contributed by atoms with Crippen molar-refractivity contribution in [2.45, 2.75) is 71.0 Å². The van der Waals surface area contributed by atoms with E-state index in [1.54, 1.807) is 0 Å². The lowest BCUT2D eigenvalue weighted by Gasteiger charge is -2.35. The van der Waals surface area contributed by atoms with E-state index in [0.29, 0.717) is 12.2 Å². The molecule has 1 atom stereocenters. The number of aliphatic imine (C=N–C) groups is 1. The zero-order chi connectivity index (χ0) is 22.2. The van der Waals surface area contributed by atoms with Crippen molar-refractivity contribution in [2.75, 3.05) is 39.4 Å². The topological polar surface area (TPSA) is 61.9 Å². The highest BCUT2D eigenvalue weighted by Gasteiger charge is 2.23. The number of likely N-dealkylation sites (tertiary alicyclic amines) is 1. The fourth-order valence-corrected chi connectivity index (χ4v) is 4.90. The van der Waals surface area contributed by atoms with Crippen LogP contribution < -0.4 is 5.32 Å². The van der Waals surface area contributed by atoms with Gasteiger partial charge in [0.2, 0.25) is 0 Å². The Kier molecular flexibility index (Phi) is 10.8. The SMILES string of the molecule is CCNC(=NCCc1c[nH]c2c(CC)cccc12)N1CCC(OCC2CCCCO2)CC1.I. The summed E-state index contributed by atoms with van der Waals surface area (Å²) < 4.78 is 12.0. The van der Waals surface area contributed by atoms with E-state index in [2.05, 4.69) is 53.4 Å². The average Bonchev–Trinajstić information content (AvgIpc) is 3.26. The van der Waals surface area contributed by atoms with E-state index in [1.165, 1.54) is 34.9 Å². The number of aryl methyl sites for hydroxylation is 1. The van der Waals surface area contributed by atoms with Crippen molar-refractivity contribution in [3.8, 4) is 0 Å². The first-order valence-corrected chi connectivity index (χ1v) is 12.6. The Labute approximate surface area is 215 Å². The molecule has 4 rings (SSSR count). The lowest BCUT2D eigenvalue weighted by atomic mass is 10.1. The van der Waals surface area contributed by atoms with E-state index in [1.807, 2.05) is 0 Å². The number of ether oxygens (including phenoxy) is 2. The molecule has 0 amide bonds. The summed E-state index contributed by atoms with van der Waals surface area (Å²) in [4.78, 5) is 10.8. The summed E-state index contributed by atoms with van der Waals surface area (Å²) in [5.74, 6) is 1.04. The largest absolute Gasteiger partial charge is 0.376 e. The van der Waals surface area contributed by atoms with Crippen molar-refractivity contribution < 1.29 is 9.47 Å². The van der Waals surface area contributed by atoms with E-state index in [9.17, 15) is 0 Å². The zero-order valence-corrected chi connectivity index (χ0v) is 22.6. The number of benzene rings is 1. The first kappa shape index (κ1) is 26.3.